The Balaban J connectivity index is 1.67. The number of rotatable bonds is 3. The predicted molar refractivity (Wildman–Crippen MR) is 90.3 cm³/mol. The summed E-state index contributed by atoms with van der Waals surface area (Å²) in [5.74, 6) is 2.54. The van der Waals surface area contributed by atoms with Crippen LogP contribution in [-0.2, 0) is 16.0 Å². The maximum Gasteiger partial charge on any atom is 0.227 e. The first kappa shape index (κ1) is 14.3. The van der Waals surface area contributed by atoms with E-state index >= 15 is 0 Å². The number of methoxy groups -OCH3 is 2. The smallest absolute Gasteiger partial charge is 0.227 e. The van der Waals surface area contributed by atoms with Crippen molar-refractivity contribution in [1.29, 1.82) is 0 Å². The molecule has 1 N–H and O–H groups in total. The highest BCUT2D eigenvalue weighted by atomic mass is 16.5. The van der Waals surface area contributed by atoms with E-state index < -0.39 is 0 Å². The van der Waals surface area contributed by atoms with Gasteiger partial charge in [-0.15, -0.1) is 0 Å². The minimum Gasteiger partial charge on any atom is -0.497 e. The second kappa shape index (κ2) is 4.99. The Kier molecular flexibility index (Phi) is 2.98. The van der Waals surface area contributed by atoms with Crippen LogP contribution in [0.5, 0.6) is 5.75 Å². The van der Waals surface area contributed by atoms with Gasteiger partial charge < -0.3 is 19.4 Å². The molecule has 24 heavy (non-hydrogen) atoms. The number of aromatic nitrogens is 1. The van der Waals surface area contributed by atoms with Crippen LogP contribution in [-0.4, -0.2) is 49.2 Å². The van der Waals surface area contributed by atoms with Gasteiger partial charge in [0.25, 0.3) is 0 Å². The molecule has 126 valence electrons. The molecule has 5 nitrogen and oxygen atoms in total. The maximum absolute atomic E-state index is 12.9. The van der Waals surface area contributed by atoms with Gasteiger partial charge in [-0.1, -0.05) is 0 Å². The molecule has 1 aromatic carbocycles. The van der Waals surface area contributed by atoms with Crippen molar-refractivity contribution in [2.24, 2.45) is 11.8 Å². The number of carbonyl (C=O) groups excluding carboxylic acids is 1. The lowest BCUT2D eigenvalue weighted by molar-refractivity contribution is -0.132. The Bertz CT molecular complexity index is 827. The number of aromatic amines is 1. The molecule has 1 amide bonds. The molecule has 2 fully saturated rings. The van der Waals surface area contributed by atoms with Gasteiger partial charge in [0.1, 0.15) is 5.75 Å². The average molecular weight is 326 g/mol. The van der Waals surface area contributed by atoms with Gasteiger partial charge in [-0.3, -0.25) is 4.79 Å². The summed E-state index contributed by atoms with van der Waals surface area (Å²) in [6, 6.07) is 6.38. The molecular weight excluding hydrogens is 304 g/mol. The molecule has 4 unspecified atom stereocenters. The van der Waals surface area contributed by atoms with Crippen LogP contribution in [0.15, 0.2) is 18.2 Å². The topological polar surface area (TPSA) is 54.6 Å². The van der Waals surface area contributed by atoms with Gasteiger partial charge in [-0.2, -0.15) is 0 Å². The molecule has 4 atom stereocenters. The summed E-state index contributed by atoms with van der Waals surface area (Å²) in [6.45, 7) is 1.65. The highest BCUT2D eigenvalue weighted by Crippen LogP contribution is 2.53. The fraction of sp³-hybridized carbons (Fsp3) is 0.526. The van der Waals surface area contributed by atoms with Crippen LogP contribution >= 0.6 is 0 Å². The van der Waals surface area contributed by atoms with Gasteiger partial charge in [0.15, 0.2) is 0 Å². The lowest BCUT2D eigenvalue weighted by Crippen LogP contribution is -2.41. The molecule has 2 aliphatic heterocycles. The molecule has 1 aromatic heterocycles. The molecule has 3 aliphatic rings. The van der Waals surface area contributed by atoms with Gasteiger partial charge >= 0.3 is 0 Å². The van der Waals surface area contributed by atoms with E-state index in [0.717, 1.165) is 36.2 Å². The number of nitrogens with zero attached hydrogens (tertiary/aromatic N) is 1. The highest BCUT2D eigenvalue weighted by molar-refractivity contribution is 5.92. The van der Waals surface area contributed by atoms with Crippen LogP contribution < -0.4 is 4.74 Å². The van der Waals surface area contributed by atoms with Crippen molar-refractivity contribution in [3.8, 4) is 5.75 Å². The molecule has 2 aromatic rings. The lowest BCUT2D eigenvalue weighted by Gasteiger charge is -2.31. The number of benzene rings is 1. The second-order valence-corrected chi connectivity index (χ2v) is 7.36. The first-order chi connectivity index (χ1) is 11.7. The van der Waals surface area contributed by atoms with Crippen LogP contribution in [0.25, 0.3) is 10.9 Å². The molecular formula is C19H22N2O3. The summed E-state index contributed by atoms with van der Waals surface area (Å²) >= 11 is 0. The molecule has 1 aliphatic carbocycles. The van der Waals surface area contributed by atoms with E-state index in [4.69, 9.17) is 9.47 Å². The van der Waals surface area contributed by atoms with E-state index in [0.29, 0.717) is 30.2 Å². The van der Waals surface area contributed by atoms with Gasteiger partial charge in [0.05, 0.1) is 20.1 Å². The van der Waals surface area contributed by atoms with E-state index in [-0.39, 0.29) is 5.91 Å². The monoisotopic (exact) mass is 326 g/mol. The van der Waals surface area contributed by atoms with Crippen molar-refractivity contribution in [2.75, 3.05) is 27.4 Å². The molecule has 0 spiro atoms. The zero-order chi connectivity index (χ0) is 16.4. The first-order valence-electron chi connectivity index (χ1n) is 8.68. The summed E-state index contributed by atoms with van der Waals surface area (Å²) in [5, 5.41) is 1.13. The number of piperidine rings is 1. The van der Waals surface area contributed by atoms with Crippen LogP contribution in [0.3, 0.4) is 0 Å². The third-order valence-electron chi connectivity index (χ3n) is 6.33. The van der Waals surface area contributed by atoms with Crippen molar-refractivity contribution >= 4 is 16.8 Å². The number of hydrogen-bond donors (Lipinski definition) is 1. The summed E-state index contributed by atoms with van der Waals surface area (Å²) in [5.41, 5.74) is 3.54. The Morgan fingerprint density at radius 1 is 1.33 bits per heavy atom. The number of amides is 1. The van der Waals surface area contributed by atoms with Crippen molar-refractivity contribution in [1.82, 2.24) is 9.88 Å². The third kappa shape index (κ3) is 1.76. The lowest BCUT2D eigenvalue weighted by atomic mass is 9.93. The minimum absolute atomic E-state index is 0.260. The number of fused-ring (bicyclic) bond motifs is 5. The molecule has 5 heteroatoms. The van der Waals surface area contributed by atoms with Crippen molar-refractivity contribution in [3.63, 3.8) is 0 Å². The van der Waals surface area contributed by atoms with Crippen LogP contribution in [0.2, 0.25) is 0 Å². The fourth-order valence-corrected chi connectivity index (χ4v) is 5.37. The second-order valence-electron chi connectivity index (χ2n) is 7.36. The maximum atomic E-state index is 12.9. The quantitative estimate of drug-likeness (QED) is 0.942. The van der Waals surface area contributed by atoms with Gasteiger partial charge in [-0.05, 0) is 36.1 Å². The SMILES string of the molecule is COCC1C2CC3c4[nH]c5ccc(OC)cc5c4CC(=O)N(C2)C31. The van der Waals surface area contributed by atoms with E-state index in [1.54, 1.807) is 14.2 Å². The Hall–Kier alpha value is -2.01. The number of carbonyl (C=O) groups is 1. The number of H-pyrrole nitrogens is 1. The van der Waals surface area contributed by atoms with Gasteiger partial charge in [0, 0.05) is 48.1 Å². The molecule has 3 heterocycles. The van der Waals surface area contributed by atoms with Crippen molar-refractivity contribution in [3.05, 3.63) is 29.5 Å². The summed E-state index contributed by atoms with van der Waals surface area (Å²) in [4.78, 5) is 18.7. The summed E-state index contributed by atoms with van der Waals surface area (Å²) in [7, 11) is 3.44. The molecule has 1 saturated carbocycles. The van der Waals surface area contributed by atoms with Crippen molar-refractivity contribution < 1.29 is 14.3 Å². The van der Waals surface area contributed by atoms with Crippen LogP contribution in [0.4, 0.5) is 0 Å². The summed E-state index contributed by atoms with van der Waals surface area (Å²) < 4.78 is 10.8. The zero-order valence-electron chi connectivity index (χ0n) is 14.0. The average Bonchev–Trinajstić information content (AvgIpc) is 3.22. The van der Waals surface area contributed by atoms with Gasteiger partial charge in [0.2, 0.25) is 5.91 Å². The Morgan fingerprint density at radius 3 is 3.00 bits per heavy atom. The van der Waals surface area contributed by atoms with Gasteiger partial charge in [-0.25, -0.2) is 0 Å². The predicted octanol–water partition coefficient (Wildman–Crippen LogP) is 2.31. The molecule has 5 rings (SSSR count). The standard InChI is InChI=1S/C19H22N2O3/c1-23-9-15-10-5-14-18-13(7-17(22)21(8-10)19(14)15)12-6-11(24-2)3-4-16(12)20-18/h3-4,6,10,14-15,19-20H,5,7-9H2,1-2H3. The summed E-state index contributed by atoms with van der Waals surface area (Å²) in [6.07, 6.45) is 1.64. The van der Waals surface area contributed by atoms with E-state index in [9.17, 15) is 4.79 Å². The van der Waals surface area contributed by atoms with E-state index in [1.165, 1.54) is 11.3 Å². The van der Waals surface area contributed by atoms with E-state index in [2.05, 4.69) is 22.0 Å². The Morgan fingerprint density at radius 2 is 2.21 bits per heavy atom. The van der Waals surface area contributed by atoms with Crippen molar-refractivity contribution in [2.45, 2.75) is 24.8 Å². The molecule has 1 saturated heterocycles. The largest absolute Gasteiger partial charge is 0.497 e. The number of ether oxygens (including phenoxy) is 2. The van der Waals surface area contributed by atoms with Crippen LogP contribution in [0.1, 0.15) is 23.6 Å². The Labute approximate surface area is 140 Å². The third-order valence-corrected chi connectivity index (χ3v) is 6.33. The number of nitrogens with one attached hydrogen (secondary N) is 1. The zero-order valence-corrected chi connectivity index (χ0v) is 14.0. The highest BCUT2D eigenvalue weighted by Gasteiger charge is 2.56. The first-order valence-corrected chi connectivity index (χ1v) is 8.68. The normalized spacial score (nSPS) is 30.8. The molecule has 2 bridgehead atoms. The van der Waals surface area contributed by atoms with Crippen LogP contribution in [0, 0.1) is 11.8 Å². The fourth-order valence-electron chi connectivity index (χ4n) is 5.37. The molecule has 0 radical (unpaired) electrons. The van der Waals surface area contributed by atoms with E-state index in [1.807, 2.05) is 6.07 Å². The minimum atomic E-state index is 0.260. The number of hydrogen-bond acceptors (Lipinski definition) is 3.